The molecule has 2 rings (SSSR count). The van der Waals surface area contributed by atoms with Crippen LogP contribution in [0.2, 0.25) is 0 Å². The zero-order chi connectivity index (χ0) is 14.5. The maximum atomic E-state index is 5.88. The lowest BCUT2D eigenvalue weighted by Crippen LogP contribution is -2.16. The lowest BCUT2D eigenvalue weighted by Gasteiger charge is -2.20. The van der Waals surface area contributed by atoms with E-state index in [-0.39, 0.29) is 0 Å². The number of rotatable bonds is 5. The third-order valence-electron chi connectivity index (χ3n) is 3.17. The second kappa shape index (κ2) is 6.19. The van der Waals surface area contributed by atoms with Gasteiger partial charge in [0.2, 0.25) is 0 Å². The minimum absolute atomic E-state index is 0.695. The van der Waals surface area contributed by atoms with E-state index in [2.05, 4.69) is 17.0 Å². The summed E-state index contributed by atoms with van der Waals surface area (Å²) in [6.45, 7) is 0.788. The average molecular weight is 272 g/mol. The summed E-state index contributed by atoms with van der Waals surface area (Å²) in [6.07, 6.45) is 0. The van der Waals surface area contributed by atoms with Gasteiger partial charge in [-0.25, -0.2) is 0 Å². The molecule has 0 heterocycles. The van der Waals surface area contributed by atoms with E-state index in [4.69, 9.17) is 15.2 Å². The fourth-order valence-electron chi connectivity index (χ4n) is 2.04. The molecule has 2 aromatic carbocycles. The van der Waals surface area contributed by atoms with E-state index in [1.807, 2.05) is 37.4 Å². The van der Waals surface area contributed by atoms with Crippen LogP contribution in [0.4, 0.5) is 11.4 Å². The highest BCUT2D eigenvalue weighted by Gasteiger charge is 2.05. The van der Waals surface area contributed by atoms with Crippen LogP contribution in [0.15, 0.2) is 42.5 Å². The molecule has 0 unspecified atom stereocenters. The molecular weight excluding hydrogens is 252 g/mol. The molecule has 0 aliphatic carbocycles. The lowest BCUT2D eigenvalue weighted by atomic mass is 10.2. The molecule has 0 spiro atoms. The van der Waals surface area contributed by atoms with Crippen LogP contribution in [0, 0.1) is 0 Å². The maximum absolute atomic E-state index is 5.88. The molecule has 0 saturated carbocycles. The molecule has 106 valence electrons. The van der Waals surface area contributed by atoms with Gasteiger partial charge in [-0.15, -0.1) is 0 Å². The van der Waals surface area contributed by atoms with E-state index >= 15 is 0 Å². The first kappa shape index (κ1) is 14.1. The third-order valence-corrected chi connectivity index (χ3v) is 3.17. The van der Waals surface area contributed by atoms with Gasteiger partial charge in [-0.2, -0.15) is 0 Å². The Morgan fingerprint density at radius 1 is 0.950 bits per heavy atom. The fourth-order valence-corrected chi connectivity index (χ4v) is 2.04. The molecule has 0 aliphatic rings. The third kappa shape index (κ3) is 3.35. The smallest absolute Gasteiger partial charge is 0.122 e. The van der Waals surface area contributed by atoms with Gasteiger partial charge in [0.25, 0.3) is 0 Å². The van der Waals surface area contributed by atoms with E-state index in [0.29, 0.717) is 5.69 Å². The van der Waals surface area contributed by atoms with E-state index in [9.17, 15) is 0 Å². The first-order chi connectivity index (χ1) is 9.62. The van der Waals surface area contributed by atoms with Crippen LogP contribution in [-0.4, -0.2) is 21.3 Å². The van der Waals surface area contributed by atoms with Crippen LogP contribution in [0.3, 0.4) is 0 Å². The highest BCUT2D eigenvalue weighted by molar-refractivity contribution is 5.60. The van der Waals surface area contributed by atoms with Crippen LogP contribution >= 0.6 is 0 Å². The number of benzene rings is 2. The number of methoxy groups -OCH3 is 2. The molecule has 0 aromatic heterocycles. The lowest BCUT2D eigenvalue weighted by molar-refractivity contribution is 0.414. The Morgan fingerprint density at radius 2 is 1.60 bits per heavy atom. The number of nitrogens with zero attached hydrogens (tertiary/aromatic N) is 1. The zero-order valence-electron chi connectivity index (χ0n) is 12.1. The summed E-state index contributed by atoms with van der Waals surface area (Å²) in [4.78, 5) is 2.13. The highest BCUT2D eigenvalue weighted by Crippen LogP contribution is 2.25. The van der Waals surface area contributed by atoms with Crippen molar-refractivity contribution in [2.24, 2.45) is 0 Å². The number of hydrogen-bond donors (Lipinski definition) is 1. The second-order valence-corrected chi connectivity index (χ2v) is 4.67. The zero-order valence-corrected chi connectivity index (χ0v) is 12.1. The molecule has 0 aliphatic heterocycles. The van der Waals surface area contributed by atoms with Gasteiger partial charge in [0, 0.05) is 37.1 Å². The first-order valence-corrected chi connectivity index (χ1v) is 6.41. The van der Waals surface area contributed by atoms with E-state index in [0.717, 1.165) is 23.7 Å². The number of hydrogen-bond acceptors (Lipinski definition) is 4. The predicted octanol–water partition coefficient (Wildman–Crippen LogP) is 2.92. The van der Waals surface area contributed by atoms with Gasteiger partial charge < -0.3 is 20.1 Å². The summed E-state index contributed by atoms with van der Waals surface area (Å²) in [6, 6.07) is 13.8. The van der Waals surface area contributed by atoms with Crippen molar-refractivity contribution in [2.45, 2.75) is 6.54 Å². The first-order valence-electron chi connectivity index (χ1n) is 6.41. The second-order valence-electron chi connectivity index (χ2n) is 4.67. The average Bonchev–Trinajstić information content (AvgIpc) is 2.47. The molecule has 20 heavy (non-hydrogen) atoms. The van der Waals surface area contributed by atoms with E-state index < -0.39 is 0 Å². The van der Waals surface area contributed by atoms with Crippen molar-refractivity contribution in [3.05, 3.63) is 48.0 Å². The molecule has 4 nitrogen and oxygen atoms in total. The largest absolute Gasteiger partial charge is 0.497 e. The topological polar surface area (TPSA) is 47.7 Å². The molecule has 4 heteroatoms. The van der Waals surface area contributed by atoms with Crippen LogP contribution in [0.25, 0.3) is 0 Å². The van der Waals surface area contributed by atoms with Crippen LogP contribution in [0.5, 0.6) is 11.5 Å². The minimum Gasteiger partial charge on any atom is -0.497 e. The van der Waals surface area contributed by atoms with Crippen molar-refractivity contribution in [1.29, 1.82) is 0 Å². The Balaban J connectivity index is 2.14. The predicted molar refractivity (Wildman–Crippen MR) is 82.5 cm³/mol. The van der Waals surface area contributed by atoms with Crippen molar-refractivity contribution in [3.8, 4) is 11.5 Å². The Hall–Kier alpha value is -2.36. The Morgan fingerprint density at radius 3 is 2.20 bits per heavy atom. The summed E-state index contributed by atoms with van der Waals surface area (Å²) in [7, 11) is 5.33. The molecule has 2 aromatic rings. The number of nitrogens with two attached hydrogens (primary N) is 1. The number of anilines is 2. The van der Waals surface area contributed by atoms with Crippen LogP contribution in [-0.2, 0) is 6.54 Å². The molecule has 0 bridgehead atoms. The number of ether oxygens (including phenoxy) is 2. The van der Waals surface area contributed by atoms with Gasteiger partial charge in [-0.3, -0.25) is 0 Å². The summed E-state index contributed by atoms with van der Waals surface area (Å²) in [5.41, 5.74) is 8.81. The fraction of sp³-hybridized carbons (Fsp3) is 0.250. The number of nitrogen functional groups attached to an aromatic ring is 1. The molecule has 0 fully saturated rings. The Kier molecular flexibility index (Phi) is 4.35. The van der Waals surface area contributed by atoms with Gasteiger partial charge >= 0.3 is 0 Å². The van der Waals surface area contributed by atoms with Crippen molar-refractivity contribution >= 4 is 11.4 Å². The highest BCUT2D eigenvalue weighted by atomic mass is 16.5. The maximum Gasteiger partial charge on any atom is 0.122 e. The molecule has 0 radical (unpaired) electrons. The quantitative estimate of drug-likeness (QED) is 0.850. The Labute approximate surface area is 119 Å². The van der Waals surface area contributed by atoms with Crippen molar-refractivity contribution in [2.75, 3.05) is 31.9 Å². The summed E-state index contributed by atoms with van der Waals surface area (Å²) >= 11 is 0. The summed E-state index contributed by atoms with van der Waals surface area (Å²) in [5.74, 6) is 1.63. The van der Waals surface area contributed by atoms with Gasteiger partial charge in [0.15, 0.2) is 0 Å². The van der Waals surface area contributed by atoms with Crippen LogP contribution in [0.1, 0.15) is 5.56 Å². The normalized spacial score (nSPS) is 10.2. The standard InChI is InChI=1S/C16H20N2O2/c1-18(11-12-4-6-15(19-2)7-5-12)14-8-13(17)9-16(10-14)20-3/h4-10H,11,17H2,1-3H3. The summed E-state index contributed by atoms with van der Waals surface area (Å²) in [5, 5.41) is 0. The van der Waals surface area contributed by atoms with Gasteiger partial charge in [-0.1, -0.05) is 12.1 Å². The van der Waals surface area contributed by atoms with Gasteiger partial charge in [0.1, 0.15) is 11.5 Å². The molecular formula is C16H20N2O2. The molecule has 2 N–H and O–H groups in total. The molecule has 0 atom stereocenters. The molecule has 0 saturated heterocycles. The SMILES string of the molecule is COc1ccc(CN(C)c2cc(N)cc(OC)c2)cc1. The van der Waals surface area contributed by atoms with Crippen molar-refractivity contribution in [3.63, 3.8) is 0 Å². The van der Waals surface area contributed by atoms with Crippen molar-refractivity contribution < 1.29 is 9.47 Å². The monoisotopic (exact) mass is 272 g/mol. The van der Waals surface area contributed by atoms with Crippen molar-refractivity contribution in [1.82, 2.24) is 0 Å². The van der Waals surface area contributed by atoms with E-state index in [1.165, 1.54) is 5.56 Å². The summed E-state index contributed by atoms with van der Waals surface area (Å²) < 4.78 is 10.4. The van der Waals surface area contributed by atoms with Gasteiger partial charge in [-0.05, 0) is 23.8 Å². The molecule has 0 amide bonds. The van der Waals surface area contributed by atoms with Crippen LogP contribution < -0.4 is 20.1 Å². The van der Waals surface area contributed by atoms with E-state index in [1.54, 1.807) is 14.2 Å². The minimum atomic E-state index is 0.695. The Bertz CT molecular complexity index is 567. The van der Waals surface area contributed by atoms with Gasteiger partial charge in [0.05, 0.1) is 14.2 Å².